The lowest BCUT2D eigenvalue weighted by atomic mass is 9.86. The molecule has 1 aromatic rings. The Balaban J connectivity index is 1.74. The predicted octanol–water partition coefficient (Wildman–Crippen LogP) is 2.75. The number of esters is 1. The van der Waals surface area contributed by atoms with Crippen molar-refractivity contribution >= 4 is 17.9 Å². The maximum Gasteiger partial charge on any atom is 0.338 e. The molecule has 3 amide bonds. The molecule has 0 bridgehead atoms. The quantitative estimate of drug-likeness (QED) is 0.625. The van der Waals surface area contributed by atoms with Crippen molar-refractivity contribution in [2.45, 2.75) is 65.1 Å². The van der Waals surface area contributed by atoms with Crippen molar-refractivity contribution in [2.24, 2.45) is 5.92 Å². The highest BCUT2D eigenvalue weighted by Crippen LogP contribution is 2.23. The number of amides is 3. The molecule has 2 atom stereocenters. The molecule has 154 valence electrons. The second kappa shape index (κ2) is 10.7. The van der Waals surface area contributed by atoms with Gasteiger partial charge in [-0.25, -0.2) is 9.59 Å². The molecule has 1 saturated carbocycles. The number of hydrogen-bond donors (Lipinski definition) is 3. The largest absolute Gasteiger partial charge is 0.452 e. The summed E-state index contributed by atoms with van der Waals surface area (Å²) in [7, 11) is 0. The van der Waals surface area contributed by atoms with Crippen LogP contribution in [0.3, 0.4) is 0 Å². The molecular formula is C21H31N3O4. The van der Waals surface area contributed by atoms with Crippen LogP contribution < -0.4 is 16.0 Å². The summed E-state index contributed by atoms with van der Waals surface area (Å²) in [4.78, 5) is 35.7. The standard InChI is InChI=1S/C21H31N3O4/c1-14(2)23-21(27)22-12-16-8-10-17(11-9-16)20(26)28-13-19(25)24-18-7-5-4-6-15(18)3/h8-11,14-15,18H,4-7,12-13H2,1-3H3,(H,24,25)(H2,22,23,27)/t15-,18+/m0/s1. The lowest BCUT2D eigenvalue weighted by Crippen LogP contribution is -2.42. The number of hydrogen-bond acceptors (Lipinski definition) is 4. The zero-order valence-corrected chi connectivity index (χ0v) is 16.9. The van der Waals surface area contributed by atoms with Crippen molar-refractivity contribution < 1.29 is 19.1 Å². The van der Waals surface area contributed by atoms with Gasteiger partial charge >= 0.3 is 12.0 Å². The van der Waals surface area contributed by atoms with E-state index in [2.05, 4.69) is 22.9 Å². The Morgan fingerprint density at radius 3 is 2.43 bits per heavy atom. The third kappa shape index (κ3) is 7.21. The normalized spacial score (nSPS) is 19.0. The van der Waals surface area contributed by atoms with E-state index < -0.39 is 5.97 Å². The summed E-state index contributed by atoms with van der Waals surface area (Å²) >= 11 is 0. The SMILES string of the molecule is CC(C)NC(=O)NCc1ccc(C(=O)OCC(=O)N[C@@H]2CCCC[C@@H]2C)cc1. The van der Waals surface area contributed by atoms with Gasteiger partial charge in [-0.2, -0.15) is 0 Å². The van der Waals surface area contributed by atoms with E-state index in [1.165, 1.54) is 6.42 Å². The topological polar surface area (TPSA) is 96.5 Å². The van der Waals surface area contributed by atoms with E-state index >= 15 is 0 Å². The number of rotatable bonds is 7. The van der Waals surface area contributed by atoms with Gasteiger partial charge < -0.3 is 20.7 Å². The van der Waals surface area contributed by atoms with Crippen LogP contribution in [0.5, 0.6) is 0 Å². The average molecular weight is 389 g/mol. The third-order valence-corrected chi connectivity index (χ3v) is 4.85. The second-order valence-electron chi connectivity index (χ2n) is 7.69. The molecule has 1 aromatic carbocycles. The zero-order chi connectivity index (χ0) is 20.5. The number of ether oxygens (including phenoxy) is 1. The zero-order valence-electron chi connectivity index (χ0n) is 16.9. The minimum absolute atomic E-state index is 0.0654. The van der Waals surface area contributed by atoms with Gasteiger partial charge in [-0.3, -0.25) is 4.79 Å². The van der Waals surface area contributed by atoms with Gasteiger partial charge in [0, 0.05) is 18.6 Å². The van der Waals surface area contributed by atoms with Crippen molar-refractivity contribution in [2.75, 3.05) is 6.61 Å². The first-order valence-electron chi connectivity index (χ1n) is 9.95. The molecule has 0 aliphatic heterocycles. The van der Waals surface area contributed by atoms with Crippen LogP contribution in [0.15, 0.2) is 24.3 Å². The van der Waals surface area contributed by atoms with Gasteiger partial charge in [-0.05, 0) is 50.3 Å². The van der Waals surface area contributed by atoms with Crippen molar-refractivity contribution in [1.82, 2.24) is 16.0 Å². The Labute approximate surface area is 166 Å². The molecule has 0 unspecified atom stereocenters. The number of benzene rings is 1. The fourth-order valence-electron chi connectivity index (χ4n) is 3.25. The van der Waals surface area contributed by atoms with E-state index in [0.29, 0.717) is 18.0 Å². The summed E-state index contributed by atoms with van der Waals surface area (Å²) < 4.78 is 5.12. The molecule has 0 spiro atoms. The Hall–Kier alpha value is -2.57. The van der Waals surface area contributed by atoms with Crippen molar-refractivity contribution in [3.05, 3.63) is 35.4 Å². The van der Waals surface area contributed by atoms with Gasteiger partial charge in [0.2, 0.25) is 0 Å². The summed E-state index contributed by atoms with van der Waals surface area (Å²) in [5.41, 5.74) is 1.23. The van der Waals surface area contributed by atoms with Gasteiger partial charge in [-0.1, -0.05) is 31.9 Å². The van der Waals surface area contributed by atoms with Gasteiger partial charge in [0.15, 0.2) is 6.61 Å². The highest BCUT2D eigenvalue weighted by atomic mass is 16.5. The van der Waals surface area contributed by atoms with Crippen LogP contribution in [0.2, 0.25) is 0 Å². The van der Waals surface area contributed by atoms with E-state index in [9.17, 15) is 14.4 Å². The number of carbonyl (C=O) groups is 3. The molecule has 3 N–H and O–H groups in total. The Morgan fingerprint density at radius 1 is 1.11 bits per heavy atom. The molecule has 1 fully saturated rings. The van der Waals surface area contributed by atoms with E-state index in [-0.39, 0.29) is 30.6 Å². The maximum absolute atomic E-state index is 12.1. The molecule has 0 radical (unpaired) electrons. The van der Waals surface area contributed by atoms with Crippen LogP contribution in [-0.2, 0) is 16.1 Å². The predicted molar refractivity (Wildman–Crippen MR) is 107 cm³/mol. The average Bonchev–Trinajstić information content (AvgIpc) is 2.66. The first kappa shape index (κ1) is 21.7. The molecule has 1 aliphatic carbocycles. The van der Waals surface area contributed by atoms with E-state index in [1.807, 2.05) is 13.8 Å². The summed E-state index contributed by atoms with van der Waals surface area (Å²) in [5.74, 6) is -0.342. The third-order valence-electron chi connectivity index (χ3n) is 4.85. The Bertz CT molecular complexity index is 673. The molecule has 7 heteroatoms. The summed E-state index contributed by atoms with van der Waals surface area (Å²) in [5, 5.41) is 8.44. The first-order chi connectivity index (χ1) is 13.3. The second-order valence-corrected chi connectivity index (χ2v) is 7.69. The van der Waals surface area contributed by atoms with Crippen molar-refractivity contribution in [3.63, 3.8) is 0 Å². The Kier molecular flexibility index (Phi) is 8.29. The molecule has 2 rings (SSSR count). The van der Waals surface area contributed by atoms with Gasteiger partial charge in [-0.15, -0.1) is 0 Å². The molecule has 0 aromatic heterocycles. The van der Waals surface area contributed by atoms with Crippen molar-refractivity contribution in [1.29, 1.82) is 0 Å². The van der Waals surface area contributed by atoms with Gasteiger partial charge in [0.25, 0.3) is 5.91 Å². The summed E-state index contributed by atoms with van der Waals surface area (Å²) in [6, 6.07) is 6.74. The van der Waals surface area contributed by atoms with Crippen LogP contribution in [0.25, 0.3) is 0 Å². The molecule has 1 aliphatic rings. The highest BCUT2D eigenvalue weighted by Gasteiger charge is 2.23. The van der Waals surface area contributed by atoms with Gasteiger partial charge in [0.1, 0.15) is 0 Å². The van der Waals surface area contributed by atoms with Crippen LogP contribution >= 0.6 is 0 Å². The Morgan fingerprint density at radius 2 is 1.79 bits per heavy atom. The summed E-state index contributed by atoms with van der Waals surface area (Å²) in [6.45, 7) is 5.99. The van der Waals surface area contributed by atoms with Crippen LogP contribution in [0, 0.1) is 5.92 Å². The fraction of sp³-hybridized carbons (Fsp3) is 0.571. The highest BCUT2D eigenvalue weighted by molar-refractivity contribution is 5.91. The van der Waals surface area contributed by atoms with E-state index in [1.54, 1.807) is 24.3 Å². The van der Waals surface area contributed by atoms with Crippen LogP contribution in [-0.4, -0.2) is 36.6 Å². The monoisotopic (exact) mass is 389 g/mol. The number of nitrogens with one attached hydrogen (secondary N) is 3. The molecule has 28 heavy (non-hydrogen) atoms. The number of carbonyl (C=O) groups excluding carboxylic acids is 3. The van der Waals surface area contributed by atoms with Gasteiger partial charge in [0.05, 0.1) is 5.56 Å². The maximum atomic E-state index is 12.1. The fourth-order valence-corrected chi connectivity index (χ4v) is 3.25. The number of urea groups is 1. The van der Waals surface area contributed by atoms with E-state index in [4.69, 9.17) is 4.74 Å². The lowest BCUT2D eigenvalue weighted by Gasteiger charge is -2.29. The lowest BCUT2D eigenvalue weighted by molar-refractivity contribution is -0.125. The molecular weight excluding hydrogens is 358 g/mol. The smallest absolute Gasteiger partial charge is 0.338 e. The first-order valence-corrected chi connectivity index (χ1v) is 9.95. The molecule has 7 nitrogen and oxygen atoms in total. The summed E-state index contributed by atoms with van der Waals surface area (Å²) in [6.07, 6.45) is 4.42. The van der Waals surface area contributed by atoms with Crippen LogP contribution in [0.4, 0.5) is 4.79 Å². The minimum atomic E-state index is -0.538. The van der Waals surface area contributed by atoms with Crippen LogP contribution in [0.1, 0.15) is 62.4 Å². The minimum Gasteiger partial charge on any atom is -0.452 e. The van der Waals surface area contributed by atoms with E-state index in [0.717, 1.165) is 24.8 Å². The van der Waals surface area contributed by atoms with Crippen molar-refractivity contribution in [3.8, 4) is 0 Å². The molecule has 0 heterocycles. The molecule has 0 saturated heterocycles.